The highest BCUT2D eigenvalue weighted by Gasteiger charge is 2.04. The number of aliphatic imine (C=N–C) groups is 1. The van der Waals surface area contributed by atoms with Crippen molar-refractivity contribution in [1.82, 2.24) is 0 Å². The van der Waals surface area contributed by atoms with Crippen LogP contribution in [0.1, 0.15) is 0 Å². The Labute approximate surface area is 87.0 Å². The van der Waals surface area contributed by atoms with E-state index in [0.717, 1.165) is 0 Å². The highest BCUT2D eigenvalue weighted by molar-refractivity contribution is 5.92. The molecule has 15 heavy (non-hydrogen) atoms. The van der Waals surface area contributed by atoms with Crippen LogP contribution in [0.3, 0.4) is 0 Å². The van der Waals surface area contributed by atoms with Gasteiger partial charge in [-0.3, -0.25) is 0 Å². The summed E-state index contributed by atoms with van der Waals surface area (Å²) in [5, 5.41) is 0. The van der Waals surface area contributed by atoms with Gasteiger partial charge in [0.2, 0.25) is 6.08 Å². The number of rotatable bonds is 2. The van der Waals surface area contributed by atoms with E-state index >= 15 is 0 Å². The molecule has 0 heterocycles. The van der Waals surface area contributed by atoms with Gasteiger partial charge in [-0.25, -0.2) is 9.59 Å². The van der Waals surface area contributed by atoms with Gasteiger partial charge in [0.15, 0.2) is 0 Å². The number of allylic oxidation sites excluding steroid dienone is 5. The number of methoxy groups -OCH3 is 1. The molecule has 0 amide bonds. The third kappa shape index (κ3) is 3.21. The minimum absolute atomic E-state index is 0.411. The first kappa shape index (κ1) is 10.9. The van der Waals surface area contributed by atoms with Crippen LogP contribution < -0.4 is 0 Å². The molecule has 0 unspecified atom stereocenters. The van der Waals surface area contributed by atoms with Crippen molar-refractivity contribution in [2.45, 2.75) is 0 Å². The lowest BCUT2D eigenvalue weighted by Gasteiger charge is -1.99. The highest BCUT2D eigenvalue weighted by atomic mass is 16.5. The Morgan fingerprint density at radius 2 is 2.07 bits per heavy atom. The number of carbonyl (C=O) groups is 1. The van der Waals surface area contributed by atoms with Gasteiger partial charge in [-0.15, -0.1) is 0 Å². The van der Waals surface area contributed by atoms with Crippen LogP contribution in [0.2, 0.25) is 0 Å². The molecular weight excluding hydrogens is 194 g/mol. The van der Waals surface area contributed by atoms with Crippen molar-refractivity contribution >= 4 is 12.0 Å². The van der Waals surface area contributed by atoms with Crippen molar-refractivity contribution in [2.75, 3.05) is 7.11 Å². The SMILES string of the molecule is COC(=O)C1=C/C=C\C(N=C=O)=C/C=C\1. The lowest BCUT2D eigenvalue weighted by atomic mass is 10.2. The molecule has 0 aromatic carbocycles. The molecule has 4 heteroatoms. The number of carbonyl (C=O) groups excluding carboxylic acids is 2. The van der Waals surface area contributed by atoms with E-state index in [1.54, 1.807) is 36.5 Å². The summed E-state index contributed by atoms with van der Waals surface area (Å²) in [5.41, 5.74) is 0.903. The Morgan fingerprint density at radius 1 is 1.33 bits per heavy atom. The van der Waals surface area contributed by atoms with Crippen LogP contribution in [0.4, 0.5) is 0 Å². The topological polar surface area (TPSA) is 55.7 Å². The minimum atomic E-state index is -0.411. The smallest absolute Gasteiger partial charge is 0.337 e. The predicted molar refractivity (Wildman–Crippen MR) is 54.6 cm³/mol. The van der Waals surface area contributed by atoms with Crippen LogP contribution in [0, 0.1) is 0 Å². The van der Waals surface area contributed by atoms with E-state index in [0.29, 0.717) is 11.3 Å². The van der Waals surface area contributed by atoms with Gasteiger partial charge in [0, 0.05) is 0 Å². The Hall–Kier alpha value is -2.19. The maximum atomic E-state index is 11.2. The molecule has 0 aromatic heterocycles. The molecule has 0 fully saturated rings. The monoisotopic (exact) mass is 203 g/mol. The van der Waals surface area contributed by atoms with Gasteiger partial charge in [0.1, 0.15) is 0 Å². The van der Waals surface area contributed by atoms with Crippen LogP contribution >= 0.6 is 0 Å². The molecular formula is C11H9NO3. The molecule has 0 spiro atoms. The molecule has 0 saturated carbocycles. The van der Waals surface area contributed by atoms with Crippen LogP contribution in [0.15, 0.2) is 52.7 Å². The van der Waals surface area contributed by atoms with Gasteiger partial charge < -0.3 is 4.74 Å². The third-order valence-electron chi connectivity index (χ3n) is 1.68. The Bertz CT molecular complexity index is 421. The van der Waals surface area contributed by atoms with Crippen LogP contribution in [0.5, 0.6) is 0 Å². The van der Waals surface area contributed by atoms with E-state index in [2.05, 4.69) is 9.73 Å². The van der Waals surface area contributed by atoms with Crippen LogP contribution in [-0.4, -0.2) is 19.2 Å². The average Bonchev–Trinajstić information content (AvgIpc) is 2.21. The number of nitrogens with zero attached hydrogens (tertiary/aromatic N) is 1. The van der Waals surface area contributed by atoms with Crippen molar-refractivity contribution in [2.24, 2.45) is 4.99 Å². The maximum Gasteiger partial charge on any atom is 0.337 e. The molecule has 4 nitrogen and oxygen atoms in total. The van der Waals surface area contributed by atoms with Crippen molar-refractivity contribution in [3.63, 3.8) is 0 Å². The molecule has 0 saturated heterocycles. The van der Waals surface area contributed by atoms with Crippen molar-refractivity contribution in [1.29, 1.82) is 0 Å². The zero-order chi connectivity index (χ0) is 11.1. The summed E-state index contributed by atoms with van der Waals surface area (Å²) < 4.78 is 4.56. The standard InChI is InChI=1S/C11H9NO3/c1-15-11(14)9-4-2-6-10(12-8-13)7-3-5-9/h2-7H,1H3/b4-2-,5-3?,6-2?,7-3-,9-4?,9-5+,10-6+,10-7?. The number of ether oxygens (including phenoxy) is 1. The largest absolute Gasteiger partial charge is 0.465 e. The summed E-state index contributed by atoms with van der Waals surface area (Å²) in [6, 6.07) is 0. The molecule has 1 aliphatic rings. The second kappa shape index (κ2) is 5.52. The number of hydrogen-bond donors (Lipinski definition) is 0. The summed E-state index contributed by atoms with van der Waals surface area (Å²) in [6.07, 6.45) is 11.0. The zero-order valence-electron chi connectivity index (χ0n) is 8.14. The molecule has 1 aliphatic carbocycles. The van der Waals surface area contributed by atoms with E-state index in [9.17, 15) is 9.59 Å². The summed E-state index contributed by atoms with van der Waals surface area (Å²) in [5.74, 6) is -0.411. The molecule has 0 N–H and O–H groups in total. The normalized spacial score (nSPS) is 25.4. The fourth-order valence-corrected chi connectivity index (χ4v) is 0.993. The summed E-state index contributed by atoms with van der Waals surface area (Å²) in [6.45, 7) is 0. The quantitative estimate of drug-likeness (QED) is 0.387. The highest BCUT2D eigenvalue weighted by Crippen LogP contribution is 2.07. The summed E-state index contributed by atoms with van der Waals surface area (Å²) >= 11 is 0. The molecule has 1 rings (SSSR count). The van der Waals surface area contributed by atoms with Gasteiger partial charge >= 0.3 is 5.97 Å². The Morgan fingerprint density at radius 3 is 2.73 bits per heavy atom. The van der Waals surface area contributed by atoms with E-state index in [4.69, 9.17) is 0 Å². The lowest BCUT2D eigenvalue weighted by Crippen LogP contribution is -2.02. The molecule has 0 radical (unpaired) electrons. The first-order chi connectivity index (χ1) is 7.27. The Balaban J connectivity index is 2.90. The van der Waals surface area contributed by atoms with Gasteiger partial charge in [-0.2, -0.15) is 4.99 Å². The third-order valence-corrected chi connectivity index (χ3v) is 1.68. The molecule has 0 aromatic rings. The first-order valence-electron chi connectivity index (χ1n) is 4.21. The van der Waals surface area contributed by atoms with Crippen molar-refractivity contribution < 1.29 is 14.3 Å². The Kier molecular flexibility index (Phi) is 4.01. The average molecular weight is 203 g/mol. The number of esters is 1. The second-order valence-electron chi connectivity index (χ2n) is 2.63. The minimum Gasteiger partial charge on any atom is -0.465 e. The fourth-order valence-electron chi connectivity index (χ4n) is 0.993. The molecule has 76 valence electrons. The van der Waals surface area contributed by atoms with E-state index in [-0.39, 0.29) is 0 Å². The fraction of sp³-hybridized carbons (Fsp3) is 0.0909. The van der Waals surface area contributed by atoms with E-state index in [1.165, 1.54) is 13.2 Å². The van der Waals surface area contributed by atoms with Crippen molar-refractivity contribution in [3.8, 4) is 0 Å². The zero-order valence-corrected chi connectivity index (χ0v) is 8.14. The summed E-state index contributed by atoms with van der Waals surface area (Å²) in [4.78, 5) is 24.6. The van der Waals surface area contributed by atoms with Gasteiger partial charge in [-0.05, 0) is 24.3 Å². The second-order valence-corrected chi connectivity index (χ2v) is 2.63. The van der Waals surface area contributed by atoms with Crippen LogP contribution in [0.25, 0.3) is 0 Å². The lowest BCUT2D eigenvalue weighted by molar-refractivity contribution is -0.135. The van der Waals surface area contributed by atoms with Gasteiger partial charge in [0.05, 0.1) is 18.4 Å². The van der Waals surface area contributed by atoms with Crippen molar-refractivity contribution in [3.05, 3.63) is 47.7 Å². The van der Waals surface area contributed by atoms with Gasteiger partial charge in [-0.1, -0.05) is 12.2 Å². The summed E-state index contributed by atoms with van der Waals surface area (Å²) in [7, 11) is 1.32. The molecule has 0 aliphatic heterocycles. The van der Waals surface area contributed by atoms with E-state index < -0.39 is 5.97 Å². The maximum absolute atomic E-state index is 11.2. The molecule has 0 bridgehead atoms. The molecule has 0 atom stereocenters. The first-order valence-corrected chi connectivity index (χ1v) is 4.21. The van der Waals surface area contributed by atoms with E-state index in [1.807, 2.05) is 0 Å². The predicted octanol–water partition coefficient (Wildman–Crippen LogP) is 1.43. The van der Waals surface area contributed by atoms with Crippen LogP contribution in [-0.2, 0) is 14.3 Å². The number of isocyanates is 1. The van der Waals surface area contributed by atoms with Gasteiger partial charge in [0.25, 0.3) is 0 Å². The number of hydrogen-bond acceptors (Lipinski definition) is 4.